The fourth-order valence-electron chi connectivity index (χ4n) is 4.32. The average Bonchev–Trinajstić information content (AvgIpc) is 2.86. The summed E-state index contributed by atoms with van der Waals surface area (Å²) in [6.07, 6.45) is 4.11. The monoisotopic (exact) mass is 475 g/mol. The van der Waals surface area contributed by atoms with Crippen molar-refractivity contribution >= 4 is 39.3 Å². The highest BCUT2D eigenvalue weighted by atomic mass is 32.3. The van der Waals surface area contributed by atoms with Crippen LogP contribution in [-0.4, -0.2) is 60.4 Å². The smallest absolute Gasteiger partial charge is 0.309 e. The van der Waals surface area contributed by atoms with Crippen LogP contribution in [0.1, 0.15) is 43.0 Å². The number of fused-ring (bicyclic) bond motifs is 2. The van der Waals surface area contributed by atoms with E-state index in [4.69, 9.17) is 17.5 Å². The lowest BCUT2D eigenvalue weighted by Gasteiger charge is -2.33. The summed E-state index contributed by atoms with van der Waals surface area (Å²) in [7, 11) is -2.90. The van der Waals surface area contributed by atoms with Crippen LogP contribution in [0.3, 0.4) is 0 Å². The zero-order chi connectivity index (χ0) is 24.2. The predicted octanol–water partition coefficient (Wildman–Crippen LogP) is 3.55. The van der Waals surface area contributed by atoms with Crippen LogP contribution < -0.4 is 9.80 Å². The highest BCUT2D eigenvalue weighted by Gasteiger charge is 2.32. The number of carbonyl (C=O) groups is 2. The molecule has 2 heterocycles. The normalized spacial score (nSPS) is 18.5. The molecule has 2 N–H and O–H groups in total. The highest BCUT2D eigenvalue weighted by molar-refractivity contribution is 7.79. The number of piperidine rings is 1. The van der Waals surface area contributed by atoms with Crippen LogP contribution in [0.15, 0.2) is 48.5 Å². The van der Waals surface area contributed by atoms with Crippen LogP contribution >= 0.6 is 0 Å². The first-order valence-electron chi connectivity index (χ1n) is 10.8. The molecule has 1 atom stereocenters. The molecule has 0 saturated carbocycles. The molecule has 0 aromatic heterocycles. The molecule has 0 spiro atoms. The fourth-order valence-corrected chi connectivity index (χ4v) is 4.32. The molecular formula is C23H29N3O6S. The van der Waals surface area contributed by atoms with E-state index in [2.05, 4.69) is 11.8 Å². The maximum Gasteiger partial charge on any atom is 0.394 e. The van der Waals surface area contributed by atoms with Gasteiger partial charge in [-0.25, -0.2) is 0 Å². The molecule has 2 aliphatic rings. The minimum absolute atomic E-state index is 0.0285. The Kier molecular flexibility index (Phi) is 7.85. The van der Waals surface area contributed by atoms with E-state index in [9.17, 15) is 9.59 Å². The quantitative estimate of drug-likeness (QED) is 0.652. The van der Waals surface area contributed by atoms with Gasteiger partial charge in [0.15, 0.2) is 0 Å². The molecule has 0 bridgehead atoms. The topological polar surface area (TPSA) is 118 Å². The number of hydrogen-bond donors (Lipinski definition) is 2. The van der Waals surface area contributed by atoms with E-state index in [0.717, 1.165) is 24.5 Å². The molecule has 10 heteroatoms. The first-order valence-corrected chi connectivity index (χ1v) is 12.2. The van der Waals surface area contributed by atoms with Gasteiger partial charge in [-0.15, -0.1) is 0 Å². The lowest BCUT2D eigenvalue weighted by atomic mass is 10.0. The molecule has 0 aliphatic carbocycles. The summed E-state index contributed by atoms with van der Waals surface area (Å²) in [6, 6.07) is 15.5. The molecule has 2 aromatic rings. The Morgan fingerprint density at radius 1 is 1.00 bits per heavy atom. The first kappa shape index (κ1) is 24.8. The number of benzene rings is 2. The van der Waals surface area contributed by atoms with E-state index in [1.165, 1.54) is 19.3 Å². The van der Waals surface area contributed by atoms with Gasteiger partial charge in [0.1, 0.15) is 0 Å². The first-order chi connectivity index (χ1) is 15.6. The minimum Gasteiger partial charge on any atom is -0.309 e. The van der Waals surface area contributed by atoms with Crippen LogP contribution in [0.25, 0.3) is 0 Å². The van der Waals surface area contributed by atoms with Gasteiger partial charge >= 0.3 is 10.4 Å². The second-order valence-electron chi connectivity index (χ2n) is 8.18. The number of amides is 2. The van der Waals surface area contributed by atoms with Crippen molar-refractivity contribution in [2.24, 2.45) is 0 Å². The summed E-state index contributed by atoms with van der Waals surface area (Å²) >= 11 is 0. The van der Waals surface area contributed by atoms with Gasteiger partial charge in [0.25, 0.3) is 5.91 Å². The zero-order valence-corrected chi connectivity index (χ0v) is 19.5. The molecule has 2 amide bonds. The van der Waals surface area contributed by atoms with Gasteiger partial charge in [-0.2, -0.15) is 8.42 Å². The summed E-state index contributed by atoms with van der Waals surface area (Å²) in [5.74, 6) is -0.0659. The highest BCUT2D eigenvalue weighted by Crippen LogP contribution is 2.40. The number of hydrogen-bond acceptors (Lipinski definition) is 5. The van der Waals surface area contributed by atoms with E-state index in [-0.39, 0.29) is 11.8 Å². The predicted molar refractivity (Wildman–Crippen MR) is 126 cm³/mol. The maximum absolute atomic E-state index is 13.4. The maximum atomic E-state index is 13.4. The molecular weight excluding hydrogens is 446 g/mol. The molecule has 1 saturated heterocycles. The van der Waals surface area contributed by atoms with Gasteiger partial charge < -0.3 is 9.80 Å². The van der Waals surface area contributed by atoms with Crippen molar-refractivity contribution < 1.29 is 27.1 Å². The van der Waals surface area contributed by atoms with Gasteiger partial charge in [0.05, 0.1) is 22.6 Å². The third kappa shape index (κ3) is 6.17. The van der Waals surface area contributed by atoms with Crippen LogP contribution in [0, 0.1) is 0 Å². The van der Waals surface area contributed by atoms with E-state index in [1.54, 1.807) is 22.9 Å². The molecule has 178 valence electrons. The van der Waals surface area contributed by atoms with E-state index in [1.807, 2.05) is 42.5 Å². The number of carbonyl (C=O) groups excluding carboxylic acids is 2. The number of anilines is 3. The lowest BCUT2D eigenvalue weighted by Crippen LogP contribution is -2.40. The number of nitrogens with zero attached hydrogens (tertiary/aromatic N) is 3. The Hall–Kier alpha value is -2.79. The summed E-state index contributed by atoms with van der Waals surface area (Å²) in [5.41, 5.74) is 2.74. The Bertz CT molecular complexity index is 1110. The standard InChI is InChI=1S/C23H27N3O2.H2O4S/c1-17-9-7-8-15-25(17)16-14-22(27)26-19-11-4-3-10-18(19)23(28)24(2)20-12-5-6-13-21(20)26;1-5(2,3)4/h3-6,10-13,17H,7-9,14-16H2,1-2H3;(H2,1,2,3,4). The van der Waals surface area contributed by atoms with Crippen molar-refractivity contribution in [3.05, 3.63) is 54.1 Å². The van der Waals surface area contributed by atoms with Crippen molar-refractivity contribution in [3.8, 4) is 0 Å². The summed E-state index contributed by atoms with van der Waals surface area (Å²) < 4.78 is 31.6. The van der Waals surface area contributed by atoms with Gasteiger partial charge in [-0.1, -0.05) is 30.7 Å². The van der Waals surface area contributed by atoms with Gasteiger partial charge in [0, 0.05) is 26.1 Å². The van der Waals surface area contributed by atoms with E-state index in [0.29, 0.717) is 23.7 Å². The van der Waals surface area contributed by atoms with Crippen molar-refractivity contribution in [3.63, 3.8) is 0 Å². The molecule has 2 aliphatic heterocycles. The Balaban J connectivity index is 0.000000555. The molecule has 33 heavy (non-hydrogen) atoms. The van der Waals surface area contributed by atoms with Crippen LogP contribution in [0.4, 0.5) is 17.1 Å². The Morgan fingerprint density at radius 3 is 2.21 bits per heavy atom. The Labute approximate surface area is 194 Å². The van der Waals surface area contributed by atoms with Crippen LogP contribution in [-0.2, 0) is 15.2 Å². The fraction of sp³-hybridized carbons (Fsp3) is 0.391. The van der Waals surface area contributed by atoms with Crippen molar-refractivity contribution in [1.29, 1.82) is 0 Å². The molecule has 9 nitrogen and oxygen atoms in total. The minimum atomic E-state index is -4.67. The molecule has 4 rings (SSSR count). The van der Waals surface area contributed by atoms with Crippen molar-refractivity contribution in [2.45, 2.75) is 38.6 Å². The van der Waals surface area contributed by atoms with Gasteiger partial charge in [0.2, 0.25) is 5.91 Å². The summed E-state index contributed by atoms with van der Waals surface area (Å²) in [5, 5.41) is 0. The SMILES string of the molecule is CC1CCCCN1CCC(=O)N1c2ccccc2C(=O)N(C)c2ccccc21.O=S(=O)(O)O. The zero-order valence-electron chi connectivity index (χ0n) is 18.7. The lowest BCUT2D eigenvalue weighted by molar-refractivity contribution is -0.118. The molecule has 1 unspecified atom stereocenters. The van der Waals surface area contributed by atoms with Crippen LogP contribution in [0.2, 0.25) is 0 Å². The summed E-state index contributed by atoms with van der Waals surface area (Å²) in [6.45, 7) is 4.06. The molecule has 2 aromatic carbocycles. The van der Waals surface area contributed by atoms with E-state index < -0.39 is 10.4 Å². The number of para-hydroxylation sites is 3. The third-order valence-corrected chi connectivity index (χ3v) is 5.97. The Morgan fingerprint density at radius 2 is 1.58 bits per heavy atom. The average molecular weight is 476 g/mol. The second kappa shape index (κ2) is 10.4. The largest absolute Gasteiger partial charge is 0.394 e. The second-order valence-corrected chi connectivity index (χ2v) is 9.07. The van der Waals surface area contributed by atoms with E-state index >= 15 is 0 Å². The van der Waals surface area contributed by atoms with Gasteiger partial charge in [-0.05, 0) is 50.6 Å². The van der Waals surface area contributed by atoms with Gasteiger partial charge in [-0.3, -0.25) is 23.6 Å². The van der Waals surface area contributed by atoms with Crippen LogP contribution in [0.5, 0.6) is 0 Å². The molecule has 1 fully saturated rings. The van der Waals surface area contributed by atoms with Crippen molar-refractivity contribution in [1.82, 2.24) is 4.90 Å². The number of likely N-dealkylation sites (tertiary alicyclic amines) is 1. The number of rotatable bonds is 3. The molecule has 0 radical (unpaired) electrons. The van der Waals surface area contributed by atoms with Crippen molar-refractivity contribution in [2.75, 3.05) is 29.9 Å². The third-order valence-electron chi connectivity index (χ3n) is 5.97. The summed E-state index contributed by atoms with van der Waals surface area (Å²) in [4.78, 5) is 32.2.